The third kappa shape index (κ3) is 13.5. The van der Waals surface area contributed by atoms with E-state index in [2.05, 4.69) is 58.6 Å². The zero-order chi connectivity index (χ0) is 14.7. The van der Waals surface area contributed by atoms with E-state index in [-0.39, 0.29) is 5.12 Å². The van der Waals surface area contributed by atoms with E-state index < -0.39 is 0 Å². The number of thiol groups is 1. The molecule has 0 rings (SSSR count). The van der Waals surface area contributed by atoms with E-state index in [0.29, 0.717) is 6.42 Å². The maximum atomic E-state index is 10.7. The van der Waals surface area contributed by atoms with E-state index >= 15 is 0 Å². The van der Waals surface area contributed by atoms with Gasteiger partial charge in [-0.05, 0) is 59.8 Å². The summed E-state index contributed by atoms with van der Waals surface area (Å²) >= 11 is 3.76. The maximum Gasteiger partial charge on any atom is 0.186 e. The molecule has 0 radical (unpaired) electrons. The highest BCUT2D eigenvalue weighted by Crippen LogP contribution is 2.12. The fourth-order valence-corrected chi connectivity index (χ4v) is 1.91. The van der Waals surface area contributed by atoms with Gasteiger partial charge >= 0.3 is 0 Å². The number of hydrogen-bond donors (Lipinski definition) is 1. The molecule has 0 aliphatic carbocycles. The summed E-state index contributed by atoms with van der Waals surface area (Å²) in [6, 6.07) is 0. The summed E-state index contributed by atoms with van der Waals surface area (Å²) in [4.78, 5) is 10.7. The van der Waals surface area contributed by atoms with E-state index in [9.17, 15) is 4.79 Å². The minimum absolute atomic E-state index is 0.0286. The molecule has 0 aliphatic rings. The fourth-order valence-electron chi connectivity index (χ4n) is 1.78. The van der Waals surface area contributed by atoms with Crippen molar-refractivity contribution in [3.8, 4) is 0 Å². The van der Waals surface area contributed by atoms with Crippen LogP contribution in [0, 0.1) is 0 Å². The Morgan fingerprint density at radius 2 is 1.21 bits per heavy atom. The molecule has 108 valence electrons. The lowest BCUT2D eigenvalue weighted by atomic mass is 10.1. The second-order valence-corrected chi connectivity index (χ2v) is 5.89. The molecule has 0 atom stereocenters. The second-order valence-electron chi connectivity index (χ2n) is 5.39. The van der Waals surface area contributed by atoms with Crippen molar-refractivity contribution in [2.75, 3.05) is 0 Å². The normalized spacial score (nSPS) is 12.5. The number of rotatable bonds is 9. The number of carbonyl (C=O) groups excluding carboxylic acids is 1. The molecule has 2 heteroatoms. The van der Waals surface area contributed by atoms with Crippen LogP contribution in [-0.2, 0) is 4.79 Å². The van der Waals surface area contributed by atoms with Crippen LogP contribution in [0.5, 0.6) is 0 Å². The fraction of sp³-hybridized carbons (Fsp3) is 0.588. The monoisotopic (exact) mass is 280 g/mol. The third-order valence-corrected chi connectivity index (χ3v) is 3.20. The molecular formula is C17H28OS. The predicted molar refractivity (Wildman–Crippen MR) is 88.6 cm³/mol. The minimum atomic E-state index is -0.0286. The van der Waals surface area contributed by atoms with Crippen LogP contribution >= 0.6 is 12.6 Å². The molecule has 0 spiro atoms. The SMILES string of the molecule is CC(C)=CCC/C(C)=C/CC/C(C)=C/CCC(=O)S. The highest BCUT2D eigenvalue weighted by atomic mass is 32.1. The largest absolute Gasteiger partial charge is 0.287 e. The van der Waals surface area contributed by atoms with Crippen molar-refractivity contribution in [3.63, 3.8) is 0 Å². The van der Waals surface area contributed by atoms with E-state index in [1.807, 2.05) is 0 Å². The van der Waals surface area contributed by atoms with E-state index in [1.54, 1.807) is 0 Å². The average molecular weight is 280 g/mol. The molecule has 0 amide bonds. The Bertz CT molecular complexity index is 357. The summed E-state index contributed by atoms with van der Waals surface area (Å²) < 4.78 is 0. The van der Waals surface area contributed by atoms with Gasteiger partial charge in [0.05, 0.1) is 0 Å². The number of carbonyl (C=O) groups is 1. The predicted octanol–water partition coefficient (Wildman–Crippen LogP) is 5.64. The van der Waals surface area contributed by atoms with Crippen LogP contribution < -0.4 is 0 Å². The molecule has 0 aliphatic heterocycles. The molecule has 0 saturated heterocycles. The van der Waals surface area contributed by atoms with E-state index in [1.165, 1.54) is 16.7 Å². The first-order chi connectivity index (χ1) is 8.91. The second kappa shape index (κ2) is 11.1. The van der Waals surface area contributed by atoms with Crippen LogP contribution in [0.4, 0.5) is 0 Å². The molecule has 0 fully saturated rings. The summed E-state index contributed by atoms with van der Waals surface area (Å²) in [7, 11) is 0. The molecule has 0 unspecified atom stereocenters. The highest BCUT2D eigenvalue weighted by Gasteiger charge is 1.94. The quantitative estimate of drug-likeness (QED) is 0.427. The summed E-state index contributed by atoms with van der Waals surface area (Å²) in [6.07, 6.45) is 12.6. The molecule has 0 aromatic heterocycles. The van der Waals surface area contributed by atoms with Gasteiger partial charge in [0.15, 0.2) is 5.12 Å². The Hall–Kier alpha value is -0.760. The summed E-state index contributed by atoms with van der Waals surface area (Å²) in [6.45, 7) is 8.62. The van der Waals surface area contributed by atoms with Crippen molar-refractivity contribution in [3.05, 3.63) is 34.9 Å². The zero-order valence-electron chi connectivity index (χ0n) is 12.8. The van der Waals surface area contributed by atoms with Gasteiger partial charge in [-0.2, -0.15) is 0 Å². The van der Waals surface area contributed by atoms with Crippen LogP contribution in [0.15, 0.2) is 34.9 Å². The van der Waals surface area contributed by atoms with Crippen LogP contribution in [0.2, 0.25) is 0 Å². The van der Waals surface area contributed by atoms with Crippen molar-refractivity contribution in [2.24, 2.45) is 0 Å². The Labute approximate surface area is 124 Å². The smallest absolute Gasteiger partial charge is 0.186 e. The van der Waals surface area contributed by atoms with E-state index in [4.69, 9.17) is 0 Å². The van der Waals surface area contributed by atoms with Gasteiger partial charge in [-0.25, -0.2) is 0 Å². The van der Waals surface area contributed by atoms with Crippen molar-refractivity contribution < 1.29 is 4.79 Å². The highest BCUT2D eigenvalue weighted by molar-refractivity contribution is 7.96. The van der Waals surface area contributed by atoms with Crippen LogP contribution in [0.3, 0.4) is 0 Å². The van der Waals surface area contributed by atoms with E-state index in [0.717, 1.165) is 32.1 Å². The maximum absolute atomic E-state index is 10.7. The standard InChI is InChI=1S/C17H28OS/c1-14(2)8-5-9-15(3)10-6-11-16(4)12-7-13-17(18)19/h8,10,12H,5-7,9,11,13H2,1-4H3,(H,18,19)/b15-10+,16-12+. The molecule has 0 bridgehead atoms. The van der Waals surface area contributed by atoms with Crippen molar-refractivity contribution in [1.82, 2.24) is 0 Å². The molecule has 19 heavy (non-hydrogen) atoms. The Morgan fingerprint density at radius 3 is 1.63 bits per heavy atom. The van der Waals surface area contributed by atoms with Gasteiger partial charge in [0.2, 0.25) is 0 Å². The molecule has 0 N–H and O–H groups in total. The lowest BCUT2D eigenvalue weighted by Gasteiger charge is -2.01. The lowest BCUT2D eigenvalue weighted by Crippen LogP contribution is -1.85. The molecule has 1 nitrogen and oxygen atoms in total. The van der Waals surface area contributed by atoms with Crippen molar-refractivity contribution >= 4 is 17.7 Å². The molecule has 0 heterocycles. The first-order valence-electron chi connectivity index (χ1n) is 7.08. The Morgan fingerprint density at radius 1 is 0.789 bits per heavy atom. The van der Waals surface area contributed by atoms with Gasteiger partial charge in [0.25, 0.3) is 0 Å². The number of allylic oxidation sites excluding steroid dienone is 6. The van der Waals surface area contributed by atoms with Gasteiger partial charge in [-0.3, -0.25) is 4.79 Å². The third-order valence-electron chi connectivity index (χ3n) is 2.97. The molecule has 0 saturated carbocycles. The summed E-state index contributed by atoms with van der Waals surface area (Å²) in [5, 5.41) is -0.0286. The van der Waals surface area contributed by atoms with Crippen LogP contribution in [0.25, 0.3) is 0 Å². The summed E-state index contributed by atoms with van der Waals surface area (Å²) in [5.74, 6) is 0. The minimum Gasteiger partial charge on any atom is -0.287 e. The first-order valence-corrected chi connectivity index (χ1v) is 7.53. The summed E-state index contributed by atoms with van der Waals surface area (Å²) in [5.41, 5.74) is 4.23. The molecule has 0 aromatic carbocycles. The van der Waals surface area contributed by atoms with Crippen LogP contribution in [0.1, 0.15) is 66.2 Å². The molecule has 0 aromatic rings. The average Bonchev–Trinajstić information content (AvgIpc) is 2.27. The van der Waals surface area contributed by atoms with Gasteiger partial charge in [-0.1, -0.05) is 34.9 Å². The lowest BCUT2D eigenvalue weighted by molar-refractivity contribution is -0.110. The van der Waals surface area contributed by atoms with Gasteiger partial charge in [-0.15, -0.1) is 12.6 Å². The van der Waals surface area contributed by atoms with Crippen LogP contribution in [-0.4, -0.2) is 5.12 Å². The Kier molecular flexibility index (Phi) is 10.7. The van der Waals surface area contributed by atoms with Gasteiger partial charge < -0.3 is 0 Å². The first kappa shape index (κ1) is 18.2. The zero-order valence-corrected chi connectivity index (χ0v) is 13.7. The molecular weight excluding hydrogens is 252 g/mol. The van der Waals surface area contributed by atoms with Gasteiger partial charge in [0.1, 0.15) is 0 Å². The van der Waals surface area contributed by atoms with Crippen molar-refractivity contribution in [2.45, 2.75) is 66.2 Å². The van der Waals surface area contributed by atoms with Crippen molar-refractivity contribution in [1.29, 1.82) is 0 Å². The van der Waals surface area contributed by atoms with Gasteiger partial charge in [0, 0.05) is 6.42 Å². The Balaban J connectivity index is 3.86. The topological polar surface area (TPSA) is 17.1 Å². The number of hydrogen-bond acceptors (Lipinski definition) is 1.